The molecular weight excluding hydrogens is 444 g/mol. The van der Waals surface area contributed by atoms with Crippen molar-refractivity contribution >= 4 is 28.3 Å². The maximum Gasteiger partial charge on any atom is 0.313 e. The van der Waals surface area contributed by atoms with Crippen LogP contribution in [-0.4, -0.2) is 30.3 Å². The molecule has 0 fully saturated rings. The second-order valence-electron chi connectivity index (χ2n) is 8.68. The molecule has 7 nitrogen and oxygen atoms in total. The minimum Gasteiger partial charge on any atom is -0.469 e. The van der Waals surface area contributed by atoms with Gasteiger partial charge >= 0.3 is 5.97 Å². The molecule has 5 rings (SSSR count). The molecule has 1 amide bonds. The number of fused-ring (bicyclic) bond motifs is 2. The summed E-state index contributed by atoms with van der Waals surface area (Å²) in [6.07, 6.45) is 1.62. The molecule has 0 spiro atoms. The van der Waals surface area contributed by atoms with Gasteiger partial charge in [-0.3, -0.25) is 9.59 Å². The summed E-state index contributed by atoms with van der Waals surface area (Å²) in [5.74, 6) is -1.66. The van der Waals surface area contributed by atoms with Crippen LogP contribution in [-0.2, 0) is 14.3 Å². The monoisotopic (exact) mass is 470 g/mol. The molecule has 0 aromatic heterocycles. The largest absolute Gasteiger partial charge is 0.469 e. The van der Waals surface area contributed by atoms with E-state index in [-0.39, 0.29) is 5.91 Å². The van der Waals surface area contributed by atoms with Gasteiger partial charge in [-0.15, -0.1) is 0 Å². The zero-order valence-corrected chi connectivity index (χ0v) is 19.4. The van der Waals surface area contributed by atoms with Crippen LogP contribution in [0.15, 0.2) is 90.2 Å². The highest BCUT2D eigenvalue weighted by atomic mass is 16.6. The van der Waals surface area contributed by atoms with Crippen molar-refractivity contribution in [3.05, 3.63) is 101 Å². The number of amides is 1. The normalized spacial score (nSPS) is 23.4. The number of nitrogens with one attached hydrogen (secondary N) is 2. The first-order valence-corrected chi connectivity index (χ1v) is 11.5. The first-order chi connectivity index (χ1) is 17.0. The summed E-state index contributed by atoms with van der Waals surface area (Å²) in [6.45, 7) is 1.86. The first-order valence-electron chi connectivity index (χ1n) is 11.5. The molecule has 178 valence electrons. The van der Waals surface area contributed by atoms with Gasteiger partial charge in [-0.2, -0.15) is 0 Å². The van der Waals surface area contributed by atoms with Crippen molar-refractivity contribution in [2.45, 2.75) is 19.4 Å². The average Bonchev–Trinajstić information content (AvgIpc) is 2.89. The van der Waals surface area contributed by atoms with Crippen molar-refractivity contribution in [1.29, 1.82) is 0 Å². The number of carbonyl (C=O) groups is 2. The van der Waals surface area contributed by atoms with E-state index in [1.165, 1.54) is 7.11 Å². The van der Waals surface area contributed by atoms with Crippen molar-refractivity contribution < 1.29 is 24.2 Å². The molecule has 4 atom stereocenters. The Kier molecular flexibility index (Phi) is 6.11. The first kappa shape index (κ1) is 22.8. The van der Waals surface area contributed by atoms with Crippen LogP contribution in [0.1, 0.15) is 29.1 Å². The van der Waals surface area contributed by atoms with E-state index in [0.29, 0.717) is 22.4 Å². The summed E-state index contributed by atoms with van der Waals surface area (Å²) in [5, 5.41) is 18.9. The number of rotatable bonds is 4. The zero-order chi connectivity index (χ0) is 24.5. The number of esters is 1. The minimum atomic E-state index is -1.13. The second kappa shape index (κ2) is 9.37. The summed E-state index contributed by atoms with van der Waals surface area (Å²) in [4.78, 5) is 25.8. The van der Waals surface area contributed by atoms with E-state index in [2.05, 4.69) is 10.6 Å². The van der Waals surface area contributed by atoms with Gasteiger partial charge in [0.05, 0.1) is 13.0 Å². The summed E-state index contributed by atoms with van der Waals surface area (Å²) < 4.78 is 10.8. The lowest BCUT2D eigenvalue weighted by atomic mass is 9.83. The molecule has 4 unspecified atom stereocenters. The van der Waals surface area contributed by atoms with Crippen molar-refractivity contribution in [2.75, 3.05) is 12.4 Å². The Morgan fingerprint density at radius 1 is 1.03 bits per heavy atom. The smallest absolute Gasteiger partial charge is 0.313 e. The van der Waals surface area contributed by atoms with E-state index < -0.39 is 30.3 Å². The predicted molar refractivity (Wildman–Crippen MR) is 132 cm³/mol. The van der Waals surface area contributed by atoms with Crippen LogP contribution < -0.4 is 10.6 Å². The van der Waals surface area contributed by atoms with Gasteiger partial charge in [0, 0.05) is 34.0 Å². The third-order valence-corrected chi connectivity index (χ3v) is 6.58. The second-order valence-corrected chi connectivity index (χ2v) is 8.68. The molecule has 0 saturated carbocycles. The molecule has 1 heterocycles. The van der Waals surface area contributed by atoms with Crippen molar-refractivity contribution in [2.24, 2.45) is 11.8 Å². The van der Waals surface area contributed by atoms with Crippen LogP contribution >= 0.6 is 0 Å². The summed E-state index contributed by atoms with van der Waals surface area (Å²) >= 11 is 0. The average molecular weight is 471 g/mol. The summed E-state index contributed by atoms with van der Waals surface area (Å²) in [5.41, 5.74) is 3.02. The highest BCUT2D eigenvalue weighted by Crippen LogP contribution is 2.37. The Morgan fingerprint density at radius 3 is 2.57 bits per heavy atom. The van der Waals surface area contributed by atoms with Crippen LogP contribution in [0, 0.1) is 11.8 Å². The Balaban J connectivity index is 1.51. The van der Waals surface area contributed by atoms with Crippen LogP contribution in [0.2, 0.25) is 0 Å². The van der Waals surface area contributed by atoms with Crippen molar-refractivity contribution in [3.63, 3.8) is 0 Å². The molecule has 3 aromatic carbocycles. The molecule has 1 aliphatic heterocycles. The van der Waals surface area contributed by atoms with E-state index in [9.17, 15) is 14.7 Å². The Bertz CT molecular complexity index is 1360. The molecule has 7 heteroatoms. The van der Waals surface area contributed by atoms with E-state index in [0.717, 1.165) is 16.5 Å². The molecular formula is C28H26N2O5. The standard InChI is InChI=1S/C28H26N2O5/c1-16-20(27(32)34-2)13-14-22(26-29-23-10-6-5-9-21(23)28(33)35-26)24(16)30-25(31)19-12-11-17-7-3-4-8-18(17)15-19/h3-16,20,26,28-29,33H,1-2H3,(H,30,31). The lowest BCUT2D eigenvalue weighted by molar-refractivity contribution is -0.145. The van der Waals surface area contributed by atoms with Crippen LogP contribution in [0.4, 0.5) is 5.69 Å². The van der Waals surface area contributed by atoms with Crippen molar-refractivity contribution in [3.8, 4) is 0 Å². The summed E-state index contributed by atoms with van der Waals surface area (Å²) in [7, 11) is 1.34. The van der Waals surface area contributed by atoms with Gasteiger partial charge < -0.3 is 25.2 Å². The molecule has 1 aliphatic carbocycles. The minimum absolute atomic E-state index is 0.300. The van der Waals surface area contributed by atoms with Gasteiger partial charge in [0.15, 0.2) is 12.5 Å². The maximum atomic E-state index is 13.3. The fraction of sp³-hybridized carbons (Fsp3) is 0.214. The third kappa shape index (κ3) is 4.32. The van der Waals surface area contributed by atoms with E-state index in [4.69, 9.17) is 9.47 Å². The van der Waals surface area contributed by atoms with Gasteiger partial charge in [-0.25, -0.2) is 0 Å². The molecule has 0 radical (unpaired) electrons. The van der Waals surface area contributed by atoms with Crippen LogP contribution in [0.3, 0.4) is 0 Å². The lowest BCUT2D eigenvalue weighted by Crippen LogP contribution is -2.40. The van der Waals surface area contributed by atoms with Crippen molar-refractivity contribution in [1.82, 2.24) is 5.32 Å². The van der Waals surface area contributed by atoms with E-state index in [1.807, 2.05) is 61.5 Å². The number of hydrogen-bond donors (Lipinski definition) is 3. The highest BCUT2D eigenvalue weighted by molar-refractivity contribution is 5.99. The number of para-hydroxylation sites is 1. The maximum absolute atomic E-state index is 13.3. The fourth-order valence-electron chi connectivity index (χ4n) is 4.64. The predicted octanol–water partition coefficient (Wildman–Crippen LogP) is 4.28. The fourth-order valence-corrected chi connectivity index (χ4v) is 4.64. The van der Waals surface area contributed by atoms with E-state index >= 15 is 0 Å². The molecule has 3 aromatic rings. The number of allylic oxidation sites excluding steroid dienone is 1. The number of carbonyl (C=O) groups excluding carboxylic acids is 2. The number of ether oxygens (including phenoxy) is 2. The quantitative estimate of drug-likeness (QED) is 0.493. The molecule has 2 aliphatic rings. The van der Waals surface area contributed by atoms with Gasteiger partial charge in [-0.05, 0) is 29.0 Å². The number of benzene rings is 3. The van der Waals surface area contributed by atoms with Gasteiger partial charge in [0.25, 0.3) is 5.91 Å². The van der Waals surface area contributed by atoms with Gasteiger partial charge in [-0.1, -0.05) is 67.6 Å². The highest BCUT2D eigenvalue weighted by Gasteiger charge is 2.36. The van der Waals surface area contributed by atoms with Crippen LogP contribution in [0.5, 0.6) is 0 Å². The van der Waals surface area contributed by atoms with Crippen LogP contribution in [0.25, 0.3) is 10.8 Å². The Hall–Kier alpha value is -3.94. The topological polar surface area (TPSA) is 96.9 Å². The molecule has 0 bridgehead atoms. The number of aliphatic hydroxyl groups is 1. The Morgan fingerprint density at radius 2 is 1.77 bits per heavy atom. The molecule has 3 N–H and O–H groups in total. The molecule has 35 heavy (non-hydrogen) atoms. The van der Waals surface area contributed by atoms with E-state index in [1.54, 1.807) is 24.3 Å². The van der Waals surface area contributed by atoms with Gasteiger partial charge in [0.2, 0.25) is 0 Å². The SMILES string of the molecule is COC(=O)C1C=CC(C2Nc3ccccc3C(O)O2)=C(NC(=O)c2ccc3ccccc3c2)C1C. The number of aliphatic hydroxyl groups excluding tert-OH is 1. The summed E-state index contributed by atoms with van der Waals surface area (Å²) in [6, 6.07) is 20.7. The Labute approximate surface area is 203 Å². The molecule has 0 saturated heterocycles. The zero-order valence-electron chi connectivity index (χ0n) is 19.4. The number of anilines is 1. The number of hydrogen-bond acceptors (Lipinski definition) is 6. The number of methoxy groups -OCH3 is 1. The van der Waals surface area contributed by atoms with Gasteiger partial charge in [0.1, 0.15) is 0 Å². The lowest BCUT2D eigenvalue weighted by Gasteiger charge is -2.36. The third-order valence-electron chi connectivity index (χ3n) is 6.58.